The smallest absolute Gasteiger partial charge is 0.253 e. The van der Waals surface area contributed by atoms with Gasteiger partial charge in [-0.25, -0.2) is 0 Å². The number of rotatable bonds is 5. The van der Waals surface area contributed by atoms with E-state index in [2.05, 4.69) is 34.1 Å². The predicted molar refractivity (Wildman–Crippen MR) is 93.6 cm³/mol. The lowest BCUT2D eigenvalue weighted by Crippen LogP contribution is -2.59. The van der Waals surface area contributed by atoms with E-state index in [1.807, 2.05) is 6.07 Å². The summed E-state index contributed by atoms with van der Waals surface area (Å²) in [7, 11) is 0. The molecule has 0 bridgehead atoms. The topological polar surface area (TPSA) is 32.8 Å². The van der Waals surface area contributed by atoms with E-state index in [9.17, 15) is 4.79 Å². The van der Waals surface area contributed by atoms with Crippen LogP contribution in [0.4, 0.5) is 0 Å². The molecule has 0 spiro atoms. The summed E-state index contributed by atoms with van der Waals surface area (Å²) < 4.78 is 5.89. The van der Waals surface area contributed by atoms with Gasteiger partial charge < -0.3 is 9.64 Å². The second-order valence-electron chi connectivity index (χ2n) is 7.50. The molecule has 24 heavy (non-hydrogen) atoms. The van der Waals surface area contributed by atoms with Crippen LogP contribution in [0, 0.1) is 0 Å². The maximum absolute atomic E-state index is 13.1. The third kappa shape index (κ3) is 3.35. The zero-order chi connectivity index (χ0) is 16.4. The largest absolute Gasteiger partial charge is 0.366 e. The van der Waals surface area contributed by atoms with Gasteiger partial charge in [-0.15, -0.1) is 0 Å². The lowest BCUT2D eigenvalue weighted by molar-refractivity contribution is -0.159. The van der Waals surface area contributed by atoms with Gasteiger partial charge in [-0.1, -0.05) is 30.3 Å². The van der Waals surface area contributed by atoms with Crippen LogP contribution in [0.25, 0.3) is 0 Å². The summed E-state index contributed by atoms with van der Waals surface area (Å²) in [6.07, 6.45) is 7.00. The molecule has 1 atom stereocenters. The standard InChI is InChI=1S/C20H28N2O2/c23-20(22(17-8-4-9-17)18-10-5-11-18)19-15-21(12-13-24-19)14-16-6-2-1-3-7-16/h1-3,6-7,17-19H,4-5,8-15H2. The highest BCUT2D eigenvalue weighted by molar-refractivity contribution is 5.82. The van der Waals surface area contributed by atoms with Crippen LogP contribution in [-0.2, 0) is 16.1 Å². The number of carbonyl (C=O) groups excluding carboxylic acids is 1. The second-order valence-corrected chi connectivity index (χ2v) is 7.50. The van der Waals surface area contributed by atoms with Gasteiger partial charge in [-0.3, -0.25) is 9.69 Å². The second kappa shape index (κ2) is 7.24. The van der Waals surface area contributed by atoms with E-state index in [0.717, 1.165) is 19.6 Å². The first-order chi connectivity index (χ1) is 11.8. The molecule has 1 saturated heterocycles. The molecule has 3 fully saturated rings. The molecule has 4 nitrogen and oxygen atoms in total. The Hall–Kier alpha value is -1.39. The Morgan fingerprint density at radius 2 is 1.75 bits per heavy atom. The van der Waals surface area contributed by atoms with Crippen LogP contribution in [0.2, 0.25) is 0 Å². The van der Waals surface area contributed by atoms with Crippen molar-refractivity contribution >= 4 is 5.91 Å². The minimum atomic E-state index is -0.274. The van der Waals surface area contributed by atoms with E-state index < -0.39 is 0 Å². The Bertz CT molecular complexity index is 540. The minimum absolute atomic E-state index is 0.252. The molecule has 1 amide bonds. The maximum Gasteiger partial charge on any atom is 0.253 e. The Morgan fingerprint density at radius 3 is 2.33 bits per heavy atom. The molecule has 0 radical (unpaired) electrons. The molecule has 0 aromatic heterocycles. The fourth-order valence-electron chi connectivity index (χ4n) is 3.99. The van der Waals surface area contributed by atoms with Gasteiger partial charge in [0.2, 0.25) is 0 Å². The van der Waals surface area contributed by atoms with Gasteiger partial charge >= 0.3 is 0 Å². The van der Waals surface area contributed by atoms with Gasteiger partial charge in [0, 0.05) is 31.7 Å². The fourth-order valence-corrected chi connectivity index (χ4v) is 3.99. The molecular formula is C20H28N2O2. The van der Waals surface area contributed by atoms with Gasteiger partial charge in [0.05, 0.1) is 6.61 Å². The fraction of sp³-hybridized carbons (Fsp3) is 0.650. The van der Waals surface area contributed by atoms with Crippen LogP contribution in [0.15, 0.2) is 30.3 Å². The minimum Gasteiger partial charge on any atom is -0.366 e. The summed E-state index contributed by atoms with van der Waals surface area (Å²) in [4.78, 5) is 17.7. The molecule has 0 N–H and O–H groups in total. The lowest BCUT2D eigenvalue weighted by atomic mass is 9.84. The Kier molecular flexibility index (Phi) is 4.86. The molecule has 130 valence electrons. The first-order valence-corrected chi connectivity index (χ1v) is 9.51. The summed E-state index contributed by atoms with van der Waals surface area (Å²) in [6, 6.07) is 11.5. The van der Waals surface area contributed by atoms with Crippen LogP contribution in [0.3, 0.4) is 0 Å². The van der Waals surface area contributed by atoms with Crippen molar-refractivity contribution in [2.45, 2.75) is 63.3 Å². The highest BCUT2D eigenvalue weighted by Crippen LogP contribution is 2.34. The molecule has 1 aromatic carbocycles. The number of morpholine rings is 1. The van der Waals surface area contributed by atoms with Crippen LogP contribution >= 0.6 is 0 Å². The van der Waals surface area contributed by atoms with Crippen molar-refractivity contribution in [1.82, 2.24) is 9.80 Å². The zero-order valence-electron chi connectivity index (χ0n) is 14.4. The monoisotopic (exact) mass is 328 g/mol. The van der Waals surface area contributed by atoms with Gasteiger partial charge in [-0.05, 0) is 44.1 Å². The van der Waals surface area contributed by atoms with E-state index in [-0.39, 0.29) is 12.0 Å². The Labute approximate surface area is 144 Å². The molecule has 1 unspecified atom stereocenters. The van der Waals surface area contributed by atoms with Gasteiger partial charge in [0.15, 0.2) is 0 Å². The molecule has 4 heteroatoms. The zero-order valence-corrected chi connectivity index (χ0v) is 14.4. The summed E-state index contributed by atoms with van der Waals surface area (Å²) in [6.45, 7) is 3.20. The van der Waals surface area contributed by atoms with Crippen molar-refractivity contribution in [2.75, 3.05) is 19.7 Å². The van der Waals surface area contributed by atoms with Gasteiger partial charge in [0.25, 0.3) is 5.91 Å². The number of hydrogen-bond acceptors (Lipinski definition) is 3. The molecule has 1 aromatic rings. The summed E-state index contributed by atoms with van der Waals surface area (Å²) in [5, 5.41) is 0. The average Bonchev–Trinajstić information content (AvgIpc) is 2.51. The molecular weight excluding hydrogens is 300 g/mol. The number of hydrogen-bond donors (Lipinski definition) is 0. The SMILES string of the molecule is O=C(C1CN(Cc2ccccc2)CCO1)N(C1CCC1)C1CCC1. The average molecular weight is 328 g/mol. The van der Waals surface area contributed by atoms with Crippen LogP contribution in [0.1, 0.15) is 44.1 Å². The van der Waals surface area contributed by atoms with Crippen molar-refractivity contribution in [1.29, 1.82) is 0 Å². The maximum atomic E-state index is 13.1. The third-order valence-corrected chi connectivity index (χ3v) is 5.87. The lowest BCUT2D eigenvalue weighted by Gasteiger charge is -2.48. The van der Waals surface area contributed by atoms with E-state index in [1.165, 1.54) is 44.1 Å². The first-order valence-electron chi connectivity index (χ1n) is 9.51. The summed E-state index contributed by atoms with van der Waals surface area (Å²) >= 11 is 0. The highest BCUT2D eigenvalue weighted by Gasteiger charge is 2.40. The Balaban J connectivity index is 1.39. The number of benzene rings is 1. The number of ether oxygens (including phenoxy) is 1. The van der Waals surface area contributed by atoms with Crippen molar-refractivity contribution in [2.24, 2.45) is 0 Å². The number of nitrogens with zero attached hydrogens (tertiary/aromatic N) is 2. The van der Waals surface area contributed by atoms with Crippen molar-refractivity contribution in [3.8, 4) is 0 Å². The summed E-state index contributed by atoms with van der Waals surface area (Å²) in [5.74, 6) is 0.252. The summed E-state index contributed by atoms with van der Waals surface area (Å²) in [5.41, 5.74) is 1.31. The Morgan fingerprint density at radius 1 is 1.08 bits per heavy atom. The van der Waals surface area contributed by atoms with E-state index in [4.69, 9.17) is 4.74 Å². The predicted octanol–water partition coefficient (Wildman–Crippen LogP) is 2.82. The number of amides is 1. The highest BCUT2D eigenvalue weighted by atomic mass is 16.5. The van der Waals surface area contributed by atoms with Gasteiger partial charge in [0.1, 0.15) is 6.10 Å². The first kappa shape index (κ1) is 16.1. The van der Waals surface area contributed by atoms with Gasteiger partial charge in [-0.2, -0.15) is 0 Å². The van der Waals surface area contributed by atoms with Crippen LogP contribution in [0.5, 0.6) is 0 Å². The quantitative estimate of drug-likeness (QED) is 0.833. The van der Waals surface area contributed by atoms with Crippen LogP contribution < -0.4 is 0 Å². The van der Waals surface area contributed by atoms with E-state index in [0.29, 0.717) is 18.7 Å². The molecule has 4 rings (SSSR count). The molecule has 1 aliphatic heterocycles. The van der Waals surface area contributed by atoms with Crippen LogP contribution in [-0.4, -0.2) is 53.6 Å². The van der Waals surface area contributed by atoms with Crippen molar-refractivity contribution in [3.05, 3.63) is 35.9 Å². The van der Waals surface area contributed by atoms with E-state index >= 15 is 0 Å². The molecule has 2 aliphatic carbocycles. The number of carbonyl (C=O) groups is 1. The van der Waals surface area contributed by atoms with Crippen molar-refractivity contribution < 1.29 is 9.53 Å². The molecule has 1 heterocycles. The van der Waals surface area contributed by atoms with Crippen molar-refractivity contribution in [3.63, 3.8) is 0 Å². The molecule has 2 saturated carbocycles. The third-order valence-electron chi connectivity index (χ3n) is 5.87. The molecule has 3 aliphatic rings. The van der Waals surface area contributed by atoms with E-state index in [1.54, 1.807) is 0 Å². The normalized spacial score (nSPS) is 25.8.